The van der Waals surface area contributed by atoms with E-state index in [1.54, 1.807) is 0 Å². The van der Waals surface area contributed by atoms with E-state index in [2.05, 4.69) is 48.5 Å². The number of hydrogen-bond donors (Lipinski definition) is 3. The van der Waals surface area contributed by atoms with Crippen molar-refractivity contribution in [2.45, 2.75) is 369 Å². The number of phosphoric acid groups is 2. The molecule has 0 fully saturated rings. The topological polar surface area (TPSA) is 237 Å². The molecule has 0 aliphatic heterocycles. The molecule has 0 saturated carbocycles. The SMILES string of the molecule is CCCCCCCCCCCC(=O)OC[C@H](COP(=O)(O)OC[C@H](O)COP(=O)(O)OC[C@@H](COC(=O)CCCCCCCCCCC(C)C)OC(=O)CCCCCCCCCCCCCCCCCC(C)C)OC(=O)CCCCCCCCCCC(C)C. The maximum absolute atomic E-state index is 13.0. The van der Waals surface area contributed by atoms with Gasteiger partial charge in [-0.1, -0.05) is 299 Å². The Morgan fingerprint density at radius 2 is 0.517 bits per heavy atom. The molecule has 0 heterocycles. The number of esters is 4. The lowest BCUT2D eigenvalue weighted by molar-refractivity contribution is -0.161. The molecular formula is C70H136O17P2. The van der Waals surface area contributed by atoms with Crippen molar-refractivity contribution in [3.8, 4) is 0 Å². The number of aliphatic hydroxyl groups excluding tert-OH is 1. The summed E-state index contributed by atoms with van der Waals surface area (Å²) in [6.07, 6.45) is 44.5. The molecule has 0 radical (unpaired) electrons. The lowest BCUT2D eigenvalue weighted by Crippen LogP contribution is -2.30. The highest BCUT2D eigenvalue weighted by atomic mass is 31.2. The molecule has 5 atom stereocenters. The van der Waals surface area contributed by atoms with Crippen LogP contribution in [0.1, 0.15) is 350 Å². The zero-order valence-electron chi connectivity index (χ0n) is 57.9. The first-order valence-electron chi connectivity index (χ1n) is 36.3. The third kappa shape index (κ3) is 64.6. The highest BCUT2D eigenvalue weighted by Crippen LogP contribution is 2.45. The summed E-state index contributed by atoms with van der Waals surface area (Å²) in [5.41, 5.74) is 0. The Morgan fingerprint density at radius 3 is 0.764 bits per heavy atom. The molecule has 0 aliphatic rings. The highest BCUT2D eigenvalue weighted by Gasteiger charge is 2.30. The fourth-order valence-electron chi connectivity index (χ4n) is 10.5. The summed E-state index contributed by atoms with van der Waals surface area (Å²) in [5, 5.41) is 10.6. The smallest absolute Gasteiger partial charge is 0.462 e. The molecule has 0 saturated heterocycles. The molecule has 0 bridgehead atoms. The van der Waals surface area contributed by atoms with Gasteiger partial charge in [0.05, 0.1) is 26.4 Å². The Hall–Kier alpha value is -1.94. The van der Waals surface area contributed by atoms with Crippen LogP contribution < -0.4 is 0 Å². The van der Waals surface area contributed by atoms with Crippen LogP contribution in [-0.4, -0.2) is 96.7 Å². The van der Waals surface area contributed by atoms with Gasteiger partial charge in [0.25, 0.3) is 0 Å². The maximum Gasteiger partial charge on any atom is 0.472 e. The number of aliphatic hydroxyl groups is 1. The van der Waals surface area contributed by atoms with Gasteiger partial charge in [0, 0.05) is 25.7 Å². The number of phosphoric ester groups is 2. The minimum absolute atomic E-state index is 0.104. The summed E-state index contributed by atoms with van der Waals surface area (Å²) >= 11 is 0. The Bertz CT molecular complexity index is 1750. The molecule has 0 amide bonds. The number of hydrogen-bond acceptors (Lipinski definition) is 15. The fourth-order valence-corrected chi connectivity index (χ4v) is 12.1. The average Bonchev–Trinajstić information content (AvgIpc) is 3.69. The van der Waals surface area contributed by atoms with Crippen LogP contribution in [-0.2, 0) is 65.4 Å². The minimum atomic E-state index is -4.95. The van der Waals surface area contributed by atoms with Gasteiger partial charge in [0.1, 0.15) is 19.3 Å². The third-order valence-corrected chi connectivity index (χ3v) is 18.0. The zero-order chi connectivity index (χ0) is 65.9. The predicted octanol–water partition coefficient (Wildman–Crippen LogP) is 19.8. The second-order valence-corrected chi connectivity index (χ2v) is 29.6. The Labute approximate surface area is 543 Å². The van der Waals surface area contributed by atoms with E-state index in [0.29, 0.717) is 25.7 Å². The van der Waals surface area contributed by atoms with Gasteiger partial charge >= 0.3 is 39.5 Å². The molecule has 3 N–H and O–H groups in total. The lowest BCUT2D eigenvalue weighted by Gasteiger charge is -2.21. The van der Waals surface area contributed by atoms with Crippen molar-refractivity contribution in [1.29, 1.82) is 0 Å². The summed E-state index contributed by atoms with van der Waals surface area (Å²) in [4.78, 5) is 72.4. The number of ether oxygens (including phenoxy) is 4. The van der Waals surface area contributed by atoms with Gasteiger partial charge in [-0.3, -0.25) is 37.3 Å². The molecule has 0 aliphatic carbocycles. The molecule has 0 spiro atoms. The van der Waals surface area contributed by atoms with E-state index in [4.69, 9.17) is 37.0 Å². The van der Waals surface area contributed by atoms with Gasteiger partial charge in [0.15, 0.2) is 12.2 Å². The fraction of sp³-hybridized carbons (Fsp3) is 0.943. The van der Waals surface area contributed by atoms with E-state index in [1.807, 2.05) is 0 Å². The Morgan fingerprint density at radius 1 is 0.303 bits per heavy atom. The molecular weight excluding hydrogens is 1170 g/mol. The standard InChI is InChI=1S/C70H136O17P2/c1-8-9-10-11-12-20-30-37-44-51-67(72)80-57-66(87-70(75)54-47-40-33-26-24-29-36-43-50-63(6)7)60-85-89(78,79)83-56-64(71)55-82-88(76,77)84-59-65(58-81-68(73)52-45-38-31-25-23-28-35-42-49-62(4)5)86-69(74)53-46-39-32-22-19-17-15-13-14-16-18-21-27-34-41-48-61(2)3/h61-66,71H,8-60H2,1-7H3,(H,76,77)(H,78,79)/t64-,65-,66-/m1/s1. The van der Waals surface area contributed by atoms with E-state index in [1.165, 1.54) is 161 Å². The highest BCUT2D eigenvalue weighted by molar-refractivity contribution is 7.47. The van der Waals surface area contributed by atoms with Gasteiger partial charge in [0.2, 0.25) is 0 Å². The van der Waals surface area contributed by atoms with Crippen LogP contribution in [0, 0.1) is 17.8 Å². The second kappa shape index (κ2) is 61.0. The van der Waals surface area contributed by atoms with Gasteiger partial charge in [-0.15, -0.1) is 0 Å². The van der Waals surface area contributed by atoms with Crippen LogP contribution in [0.15, 0.2) is 0 Å². The number of rotatable bonds is 68. The molecule has 0 aromatic carbocycles. The first kappa shape index (κ1) is 87.1. The van der Waals surface area contributed by atoms with E-state index >= 15 is 0 Å². The van der Waals surface area contributed by atoms with Crippen molar-refractivity contribution in [2.75, 3.05) is 39.6 Å². The molecule has 528 valence electrons. The van der Waals surface area contributed by atoms with E-state index < -0.39 is 97.5 Å². The predicted molar refractivity (Wildman–Crippen MR) is 358 cm³/mol. The van der Waals surface area contributed by atoms with Gasteiger partial charge in [-0.25, -0.2) is 9.13 Å². The van der Waals surface area contributed by atoms with E-state index in [0.717, 1.165) is 108 Å². The van der Waals surface area contributed by atoms with Crippen LogP contribution in [0.25, 0.3) is 0 Å². The molecule has 0 aromatic rings. The van der Waals surface area contributed by atoms with Crippen molar-refractivity contribution in [3.05, 3.63) is 0 Å². The third-order valence-electron chi connectivity index (χ3n) is 16.1. The van der Waals surface area contributed by atoms with Crippen LogP contribution in [0.3, 0.4) is 0 Å². The Balaban J connectivity index is 5.21. The molecule has 17 nitrogen and oxygen atoms in total. The van der Waals surface area contributed by atoms with Crippen molar-refractivity contribution >= 4 is 39.5 Å². The normalized spacial score (nSPS) is 14.2. The average molecular weight is 1310 g/mol. The van der Waals surface area contributed by atoms with Crippen molar-refractivity contribution in [2.24, 2.45) is 17.8 Å². The van der Waals surface area contributed by atoms with Crippen molar-refractivity contribution in [3.63, 3.8) is 0 Å². The summed E-state index contributed by atoms with van der Waals surface area (Å²) in [5.74, 6) is 0.118. The van der Waals surface area contributed by atoms with Gasteiger partial charge in [-0.2, -0.15) is 0 Å². The number of carbonyl (C=O) groups is 4. The quantitative estimate of drug-likeness (QED) is 0.0222. The Kier molecular flexibility index (Phi) is 59.6. The first-order chi connectivity index (χ1) is 42.7. The number of unbranched alkanes of at least 4 members (excludes halogenated alkanes) is 36. The van der Waals surface area contributed by atoms with Crippen molar-refractivity contribution in [1.82, 2.24) is 0 Å². The largest absolute Gasteiger partial charge is 0.472 e. The first-order valence-corrected chi connectivity index (χ1v) is 39.3. The monoisotopic (exact) mass is 1310 g/mol. The number of carbonyl (C=O) groups excluding carboxylic acids is 4. The lowest BCUT2D eigenvalue weighted by atomic mass is 10.0. The van der Waals surface area contributed by atoms with Gasteiger partial charge in [-0.05, 0) is 43.4 Å². The minimum Gasteiger partial charge on any atom is -0.462 e. The van der Waals surface area contributed by atoms with Crippen LogP contribution in [0.4, 0.5) is 0 Å². The summed E-state index contributed by atoms with van der Waals surface area (Å²) < 4.78 is 68.2. The summed E-state index contributed by atoms with van der Waals surface area (Å²) in [6, 6.07) is 0. The van der Waals surface area contributed by atoms with E-state index in [9.17, 15) is 43.2 Å². The summed E-state index contributed by atoms with van der Waals surface area (Å²) in [6.45, 7) is 11.8. The molecule has 0 aromatic heterocycles. The van der Waals surface area contributed by atoms with Crippen LogP contribution >= 0.6 is 15.6 Å². The van der Waals surface area contributed by atoms with Crippen LogP contribution in [0.5, 0.6) is 0 Å². The van der Waals surface area contributed by atoms with Crippen LogP contribution in [0.2, 0.25) is 0 Å². The molecule has 19 heteroatoms. The summed E-state index contributed by atoms with van der Waals surface area (Å²) in [7, 11) is -9.90. The second-order valence-electron chi connectivity index (χ2n) is 26.7. The maximum atomic E-state index is 13.0. The van der Waals surface area contributed by atoms with Gasteiger partial charge < -0.3 is 33.8 Å². The molecule has 2 unspecified atom stereocenters. The molecule has 0 rings (SSSR count). The van der Waals surface area contributed by atoms with E-state index in [-0.39, 0.29) is 25.7 Å². The molecule has 89 heavy (non-hydrogen) atoms. The van der Waals surface area contributed by atoms with Crippen molar-refractivity contribution < 1.29 is 80.2 Å². The zero-order valence-corrected chi connectivity index (χ0v) is 59.7.